The lowest BCUT2D eigenvalue weighted by atomic mass is 9.83. The number of ether oxygens (including phenoxy) is 3. The molecule has 2 N–H and O–H groups in total. The predicted molar refractivity (Wildman–Crippen MR) is 123 cm³/mol. The fraction of sp³-hybridized carbons (Fsp3) is 0.500. The van der Waals surface area contributed by atoms with Crippen LogP contribution in [-0.2, 0) is 10.3 Å². The Morgan fingerprint density at radius 1 is 1.18 bits per heavy atom. The molecule has 7 nitrogen and oxygen atoms in total. The van der Waals surface area contributed by atoms with E-state index in [1.165, 1.54) is 12.1 Å². The Morgan fingerprint density at radius 2 is 1.91 bits per heavy atom. The van der Waals surface area contributed by atoms with Crippen LogP contribution in [0.3, 0.4) is 0 Å². The molecule has 2 heterocycles. The van der Waals surface area contributed by atoms with Crippen LogP contribution in [0.2, 0.25) is 0 Å². The number of carbonyl (C=O) groups is 1. The van der Waals surface area contributed by atoms with Crippen molar-refractivity contribution in [1.82, 2.24) is 4.90 Å². The van der Waals surface area contributed by atoms with E-state index in [1.54, 1.807) is 30.3 Å². The number of fused-ring (bicyclic) bond motifs is 1. The standard InChI is InChI=1S/C26H32FNO6/c1-2-3-4-15-32-25(30)34-20-9-10-21-23(16-20)33-17-22(24(21)29)28-13-11-26(31,12-14-28)18-5-7-19(27)8-6-18/h5-10,16,22,24,29,31H,2-4,11-15,17H2,1H3/t22-,24+/m1/s1. The van der Waals surface area contributed by atoms with Crippen LogP contribution in [0.15, 0.2) is 42.5 Å². The van der Waals surface area contributed by atoms with Gasteiger partial charge in [-0.1, -0.05) is 31.9 Å². The number of nitrogens with zero attached hydrogens (tertiary/aromatic N) is 1. The van der Waals surface area contributed by atoms with Crippen molar-refractivity contribution in [2.45, 2.75) is 56.8 Å². The lowest BCUT2D eigenvalue weighted by Crippen LogP contribution is -2.52. The first-order valence-corrected chi connectivity index (χ1v) is 11.9. The van der Waals surface area contributed by atoms with E-state index in [1.807, 2.05) is 0 Å². The van der Waals surface area contributed by atoms with Crippen LogP contribution >= 0.6 is 0 Å². The van der Waals surface area contributed by atoms with Crippen LogP contribution in [0.25, 0.3) is 0 Å². The molecule has 0 bridgehead atoms. The Kier molecular flexibility index (Phi) is 7.70. The van der Waals surface area contributed by atoms with Gasteiger partial charge in [-0.25, -0.2) is 9.18 Å². The van der Waals surface area contributed by atoms with Crippen LogP contribution in [0, 0.1) is 5.82 Å². The smallest absolute Gasteiger partial charge is 0.491 e. The zero-order chi connectivity index (χ0) is 24.1. The number of likely N-dealkylation sites (tertiary alicyclic amines) is 1. The predicted octanol–water partition coefficient (Wildman–Crippen LogP) is 4.31. The Bertz CT molecular complexity index is 974. The highest BCUT2D eigenvalue weighted by molar-refractivity contribution is 5.64. The van der Waals surface area contributed by atoms with Crippen LogP contribution in [0.5, 0.6) is 11.5 Å². The number of carbonyl (C=O) groups excluding carboxylic acids is 1. The quantitative estimate of drug-likeness (QED) is 0.352. The molecule has 4 rings (SSSR count). The van der Waals surface area contributed by atoms with E-state index in [9.17, 15) is 19.4 Å². The van der Waals surface area contributed by atoms with Gasteiger partial charge >= 0.3 is 6.16 Å². The van der Waals surface area contributed by atoms with Crippen LogP contribution in [0.4, 0.5) is 9.18 Å². The highest BCUT2D eigenvalue weighted by atomic mass is 19.1. The molecular weight excluding hydrogens is 441 g/mol. The van der Waals surface area contributed by atoms with E-state index < -0.39 is 17.9 Å². The lowest BCUT2D eigenvalue weighted by Gasteiger charge is -2.44. The third-order valence-electron chi connectivity index (χ3n) is 6.72. The molecule has 0 aliphatic carbocycles. The van der Waals surface area contributed by atoms with Crippen molar-refractivity contribution in [3.05, 3.63) is 59.4 Å². The summed E-state index contributed by atoms with van der Waals surface area (Å²) >= 11 is 0. The van der Waals surface area contributed by atoms with Crippen molar-refractivity contribution < 1.29 is 33.6 Å². The van der Waals surface area contributed by atoms with E-state index >= 15 is 0 Å². The second-order valence-electron chi connectivity index (χ2n) is 9.00. The lowest BCUT2D eigenvalue weighted by molar-refractivity contribution is -0.0665. The molecule has 2 atom stereocenters. The number of aliphatic hydroxyl groups excluding tert-OH is 1. The number of benzene rings is 2. The van der Waals surface area contributed by atoms with Crippen molar-refractivity contribution in [2.24, 2.45) is 0 Å². The van der Waals surface area contributed by atoms with Crippen LogP contribution in [-0.4, -0.2) is 53.6 Å². The van der Waals surface area contributed by atoms with E-state index in [4.69, 9.17) is 14.2 Å². The van der Waals surface area contributed by atoms with E-state index in [0.717, 1.165) is 19.3 Å². The average Bonchev–Trinajstić information content (AvgIpc) is 2.83. The molecule has 2 aromatic carbocycles. The van der Waals surface area contributed by atoms with Crippen molar-refractivity contribution in [2.75, 3.05) is 26.3 Å². The minimum atomic E-state index is -1.01. The Hall–Kier alpha value is -2.68. The second kappa shape index (κ2) is 10.7. The Labute approximate surface area is 199 Å². The first-order chi connectivity index (χ1) is 16.4. The molecule has 184 valence electrons. The molecule has 8 heteroatoms. The normalized spacial score (nSPS) is 21.9. The Morgan fingerprint density at radius 3 is 2.62 bits per heavy atom. The molecule has 0 radical (unpaired) electrons. The average molecular weight is 474 g/mol. The first kappa shape index (κ1) is 24.4. The van der Waals surface area contributed by atoms with Gasteiger partial charge in [0.15, 0.2) is 0 Å². The number of aliphatic hydroxyl groups is 2. The zero-order valence-electron chi connectivity index (χ0n) is 19.4. The van der Waals surface area contributed by atoms with Crippen molar-refractivity contribution in [3.8, 4) is 11.5 Å². The number of halogens is 1. The number of unbranched alkanes of at least 4 members (excludes halogenated alkanes) is 2. The third kappa shape index (κ3) is 5.51. The highest BCUT2D eigenvalue weighted by Crippen LogP contribution is 2.40. The van der Waals surface area contributed by atoms with E-state index in [0.29, 0.717) is 55.2 Å². The zero-order valence-corrected chi connectivity index (χ0v) is 19.4. The fourth-order valence-corrected chi connectivity index (χ4v) is 4.63. The van der Waals surface area contributed by atoms with Gasteiger partial charge in [0, 0.05) is 24.7 Å². The summed E-state index contributed by atoms with van der Waals surface area (Å²) in [5.74, 6) is 0.440. The number of hydrogen-bond acceptors (Lipinski definition) is 7. The van der Waals surface area contributed by atoms with Crippen molar-refractivity contribution in [3.63, 3.8) is 0 Å². The minimum Gasteiger partial charge on any atom is -0.491 e. The minimum absolute atomic E-state index is 0.263. The van der Waals surface area contributed by atoms with Gasteiger partial charge in [0.25, 0.3) is 0 Å². The molecule has 2 aliphatic rings. The van der Waals surface area contributed by atoms with Crippen molar-refractivity contribution >= 4 is 6.16 Å². The molecule has 0 spiro atoms. The molecule has 0 aromatic heterocycles. The number of piperidine rings is 1. The van der Waals surface area contributed by atoms with Gasteiger partial charge in [-0.2, -0.15) is 0 Å². The van der Waals surface area contributed by atoms with Gasteiger partial charge < -0.3 is 24.4 Å². The van der Waals surface area contributed by atoms with Gasteiger partial charge in [0.05, 0.1) is 18.2 Å². The summed E-state index contributed by atoms with van der Waals surface area (Å²) in [6.45, 7) is 3.80. The van der Waals surface area contributed by atoms with Crippen LogP contribution < -0.4 is 9.47 Å². The topological polar surface area (TPSA) is 88.5 Å². The van der Waals surface area contributed by atoms with Gasteiger partial charge in [-0.05, 0) is 49.1 Å². The molecule has 1 saturated heterocycles. The molecule has 0 unspecified atom stereocenters. The molecular formula is C26H32FNO6. The van der Waals surface area contributed by atoms with Gasteiger partial charge in [-0.3, -0.25) is 4.90 Å². The molecule has 34 heavy (non-hydrogen) atoms. The van der Waals surface area contributed by atoms with Gasteiger partial charge in [0.2, 0.25) is 0 Å². The summed E-state index contributed by atoms with van der Waals surface area (Å²) < 4.78 is 29.4. The maximum absolute atomic E-state index is 13.2. The molecule has 2 aliphatic heterocycles. The van der Waals surface area contributed by atoms with E-state index in [2.05, 4.69) is 11.8 Å². The van der Waals surface area contributed by atoms with Gasteiger partial charge in [0.1, 0.15) is 30.0 Å². The second-order valence-corrected chi connectivity index (χ2v) is 9.00. The van der Waals surface area contributed by atoms with Crippen molar-refractivity contribution in [1.29, 1.82) is 0 Å². The summed E-state index contributed by atoms with van der Waals surface area (Å²) in [5, 5.41) is 22.1. The third-order valence-corrected chi connectivity index (χ3v) is 6.72. The summed E-state index contributed by atoms with van der Waals surface area (Å²) in [6, 6.07) is 10.6. The summed E-state index contributed by atoms with van der Waals surface area (Å²) in [5.41, 5.74) is 0.315. The summed E-state index contributed by atoms with van der Waals surface area (Å²) in [4.78, 5) is 14.0. The van der Waals surface area contributed by atoms with Crippen LogP contribution in [0.1, 0.15) is 56.3 Å². The highest BCUT2D eigenvalue weighted by Gasteiger charge is 2.40. The van der Waals surface area contributed by atoms with Gasteiger partial charge in [-0.15, -0.1) is 0 Å². The molecule has 1 fully saturated rings. The number of rotatable bonds is 7. The Balaban J connectivity index is 1.34. The number of hydrogen-bond donors (Lipinski definition) is 2. The monoisotopic (exact) mass is 473 g/mol. The largest absolute Gasteiger partial charge is 0.513 e. The summed E-state index contributed by atoms with van der Waals surface area (Å²) in [7, 11) is 0. The molecule has 0 saturated carbocycles. The molecule has 2 aromatic rings. The summed E-state index contributed by atoms with van der Waals surface area (Å²) in [6.07, 6.45) is 2.23. The SMILES string of the molecule is CCCCCOC(=O)Oc1ccc2c(c1)OC[C@@H](N1CCC(O)(c3ccc(F)cc3)CC1)[C@H]2O. The maximum Gasteiger partial charge on any atom is 0.513 e. The fourth-order valence-electron chi connectivity index (χ4n) is 4.63. The maximum atomic E-state index is 13.2. The first-order valence-electron chi connectivity index (χ1n) is 11.9. The molecule has 0 amide bonds. The van der Waals surface area contributed by atoms with E-state index in [-0.39, 0.29) is 18.5 Å².